The molecule has 54 valence electrons. The summed E-state index contributed by atoms with van der Waals surface area (Å²) in [6.07, 6.45) is 1.06. The average molecular weight is 143 g/mol. The number of nitriles is 1. The van der Waals surface area contributed by atoms with Crippen molar-refractivity contribution in [1.29, 1.82) is 5.26 Å². The third-order valence-corrected chi connectivity index (χ3v) is 2.18. The lowest BCUT2D eigenvalue weighted by atomic mass is 10.1. The van der Waals surface area contributed by atoms with Gasteiger partial charge in [-0.05, 0) is 12.0 Å². The van der Waals surface area contributed by atoms with E-state index < -0.39 is 0 Å². The predicted molar refractivity (Wildman–Crippen MR) is 42.9 cm³/mol. The number of hydrogen-bond donors (Lipinski definition) is 0. The molecule has 0 radical (unpaired) electrons. The van der Waals surface area contributed by atoms with Gasteiger partial charge in [0.25, 0.3) is 0 Å². The predicted octanol–water partition coefficient (Wildman–Crippen LogP) is 2.31. The molecule has 0 N–H and O–H groups in total. The Morgan fingerprint density at radius 3 is 2.55 bits per heavy atom. The molecular formula is C10H9N. The summed E-state index contributed by atoms with van der Waals surface area (Å²) >= 11 is 0. The van der Waals surface area contributed by atoms with Gasteiger partial charge in [-0.15, -0.1) is 0 Å². The Balaban J connectivity index is 2.16. The maximum Gasteiger partial charge on any atom is 0.0662 e. The van der Waals surface area contributed by atoms with E-state index in [2.05, 4.69) is 18.2 Å². The van der Waals surface area contributed by atoms with Crippen LogP contribution in [-0.4, -0.2) is 0 Å². The molecule has 0 amide bonds. The molecule has 0 saturated heterocycles. The first-order valence-corrected chi connectivity index (χ1v) is 3.86. The first kappa shape index (κ1) is 6.42. The van der Waals surface area contributed by atoms with Gasteiger partial charge >= 0.3 is 0 Å². The first-order chi connectivity index (χ1) is 5.42. The molecule has 0 aliphatic heterocycles. The molecule has 1 unspecified atom stereocenters. The van der Waals surface area contributed by atoms with E-state index in [0.29, 0.717) is 5.92 Å². The van der Waals surface area contributed by atoms with Gasteiger partial charge in [0.15, 0.2) is 0 Å². The molecule has 0 heterocycles. The molecule has 1 aliphatic rings. The molecule has 2 atom stereocenters. The van der Waals surface area contributed by atoms with Crippen LogP contribution in [0.1, 0.15) is 17.9 Å². The van der Waals surface area contributed by atoms with E-state index in [9.17, 15) is 0 Å². The molecular weight excluding hydrogens is 134 g/mol. The highest BCUT2D eigenvalue weighted by Crippen LogP contribution is 2.46. The summed E-state index contributed by atoms with van der Waals surface area (Å²) in [6, 6.07) is 12.6. The number of rotatable bonds is 1. The molecule has 1 aromatic rings. The minimum atomic E-state index is 0.289. The summed E-state index contributed by atoms with van der Waals surface area (Å²) in [7, 11) is 0. The second kappa shape index (κ2) is 2.39. The zero-order chi connectivity index (χ0) is 7.68. The van der Waals surface area contributed by atoms with Crippen LogP contribution >= 0.6 is 0 Å². The maximum atomic E-state index is 8.59. The summed E-state index contributed by atoms with van der Waals surface area (Å²) in [4.78, 5) is 0. The summed E-state index contributed by atoms with van der Waals surface area (Å²) < 4.78 is 0. The van der Waals surface area contributed by atoms with Crippen LogP contribution < -0.4 is 0 Å². The van der Waals surface area contributed by atoms with Crippen LogP contribution in [0.3, 0.4) is 0 Å². The highest BCUT2D eigenvalue weighted by Gasteiger charge is 2.38. The van der Waals surface area contributed by atoms with Gasteiger partial charge in [0.05, 0.1) is 12.0 Å². The molecule has 1 heteroatoms. The Kier molecular flexibility index (Phi) is 1.40. The van der Waals surface area contributed by atoms with Crippen molar-refractivity contribution < 1.29 is 0 Å². The Morgan fingerprint density at radius 2 is 2.00 bits per heavy atom. The van der Waals surface area contributed by atoms with E-state index in [1.54, 1.807) is 0 Å². The van der Waals surface area contributed by atoms with E-state index in [4.69, 9.17) is 5.26 Å². The lowest BCUT2D eigenvalue weighted by Crippen LogP contribution is -1.78. The number of hydrogen-bond acceptors (Lipinski definition) is 1. The van der Waals surface area contributed by atoms with Crippen LogP contribution in [0.4, 0.5) is 0 Å². The zero-order valence-corrected chi connectivity index (χ0v) is 6.20. The monoisotopic (exact) mass is 143 g/mol. The number of benzene rings is 1. The van der Waals surface area contributed by atoms with E-state index in [1.165, 1.54) is 5.56 Å². The second-order valence-electron chi connectivity index (χ2n) is 2.99. The van der Waals surface area contributed by atoms with E-state index in [-0.39, 0.29) is 5.92 Å². The van der Waals surface area contributed by atoms with E-state index in [1.807, 2.05) is 18.2 Å². The third kappa shape index (κ3) is 1.12. The molecule has 1 saturated carbocycles. The molecule has 0 bridgehead atoms. The Bertz CT molecular complexity index is 283. The average Bonchev–Trinajstić information content (AvgIpc) is 2.85. The van der Waals surface area contributed by atoms with E-state index >= 15 is 0 Å². The van der Waals surface area contributed by atoms with Crippen molar-refractivity contribution in [3.63, 3.8) is 0 Å². The van der Waals surface area contributed by atoms with Crippen LogP contribution in [0.5, 0.6) is 0 Å². The molecule has 1 aliphatic carbocycles. The minimum absolute atomic E-state index is 0.289. The second-order valence-corrected chi connectivity index (χ2v) is 2.99. The van der Waals surface area contributed by atoms with Gasteiger partial charge in [0.1, 0.15) is 0 Å². The summed E-state index contributed by atoms with van der Waals surface area (Å²) in [5, 5.41) is 8.59. The Labute approximate surface area is 66.3 Å². The van der Waals surface area contributed by atoms with Crippen LogP contribution in [0.15, 0.2) is 30.3 Å². The van der Waals surface area contributed by atoms with Gasteiger partial charge in [-0.25, -0.2) is 0 Å². The maximum absolute atomic E-state index is 8.59. The van der Waals surface area contributed by atoms with Crippen molar-refractivity contribution in [3.05, 3.63) is 35.9 Å². The van der Waals surface area contributed by atoms with E-state index in [0.717, 1.165) is 6.42 Å². The highest BCUT2D eigenvalue weighted by atomic mass is 14.4. The van der Waals surface area contributed by atoms with Crippen molar-refractivity contribution in [2.75, 3.05) is 0 Å². The van der Waals surface area contributed by atoms with Crippen LogP contribution in [0.2, 0.25) is 0 Å². The van der Waals surface area contributed by atoms with Gasteiger partial charge in [-0.3, -0.25) is 0 Å². The standard InChI is InChI=1S/C10H9N/c11-7-9-6-10(9)8-4-2-1-3-5-8/h1-5,9-10H,6H2/t9?,10-/m1/s1. The van der Waals surface area contributed by atoms with Crippen LogP contribution in [0, 0.1) is 17.2 Å². The normalized spacial score (nSPS) is 27.5. The van der Waals surface area contributed by atoms with Gasteiger partial charge in [0.2, 0.25) is 0 Å². The minimum Gasteiger partial charge on any atom is -0.198 e. The van der Waals surface area contributed by atoms with Gasteiger partial charge in [-0.1, -0.05) is 30.3 Å². The topological polar surface area (TPSA) is 23.8 Å². The molecule has 1 fully saturated rings. The quantitative estimate of drug-likeness (QED) is 0.591. The molecule has 0 spiro atoms. The van der Waals surface area contributed by atoms with Gasteiger partial charge in [-0.2, -0.15) is 5.26 Å². The van der Waals surface area contributed by atoms with Crippen molar-refractivity contribution in [1.82, 2.24) is 0 Å². The number of nitrogens with zero attached hydrogens (tertiary/aromatic N) is 1. The fraction of sp³-hybridized carbons (Fsp3) is 0.300. The van der Waals surface area contributed by atoms with Crippen molar-refractivity contribution >= 4 is 0 Å². The third-order valence-electron chi connectivity index (χ3n) is 2.18. The van der Waals surface area contributed by atoms with Crippen LogP contribution in [-0.2, 0) is 0 Å². The Hall–Kier alpha value is -1.29. The van der Waals surface area contributed by atoms with Gasteiger partial charge in [0, 0.05) is 5.92 Å². The fourth-order valence-corrected chi connectivity index (χ4v) is 1.41. The Morgan fingerprint density at radius 1 is 1.27 bits per heavy atom. The largest absolute Gasteiger partial charge is 0.198 e. The van der Waals surface area contributed by atoms with Crippen molar-refractivity contribution in [3.8, 4) is 6.07 Å². The molecule has 1 aromatic carbocycles. The van der Waals surface area contributed by atoms with Crippen molar-refractivity contribution in [2.24, 2.45) is 5.92 Å². The SMILES string of the molecule is N#CC1C[C@@H]1c1ccccc1. The smallest absolute Gasteiger partial charge is 0.0662 e. The lowest BCUT2D eigenvalue weighted by molar-refractivity contribution is 1.02. The summed E-state index contributed by atoms with van der Waals surface area (Å²) in [5.74, 6) is 0.818. The summed E-state index contributed by atoms with van der Waals surface area (Å²) in [6.45, 7) is 0. The van der Waals surface area contributed by atoms with Gasteiger partial charge < -0.3 is 0 Å². The molecule has 1 nitrogen and oxygen atoms in total. The first-order valence-electron chi connectivity index (χ1n) is 3.86. The van der Waals surface area contributed by atoms with Crippen LogP contribution in [0.25, 0.3) is 0 Å². The zero-order valence-electron chi connectivity index (χ0n) is 6.20. The molecule has 11 heavy (non-hydrogen) atoms. The molecule has 0 aromatic heterocycles. The highest BCUT2D eigenvalue weighted by molar-refractivity contribution is 5.28. The summed E-state index contributed by atoms with van der Waals surface area (Å²) in [5.41, 5.74) is 1.32. The van der Waals surface area contributed by atoms with Crippen molar-refractivity contribution in [2.45, 2.75) is 12.3 Å². The molecule has 2 rings (SSSR count). The lowest BCUT2D eigenvalue weighted by Gasteiger charge is -1.93. The fourth-order valence-electron chi connectivity index (χ4n) is 1.41.